The average molecular weight is 274 g/mol. The van der Waals surface area contributed by atoms with E-state index in [0.29, 0.717) is 0 Å². The van der Waals surface area contributed by atoms with Gasteiger partial charge in [-0.05, 0) is 26.3 Å². The van der Waals surface area contributed by atoms with Crippen LogP contribution >= 0.6 is 0 Å². The van der Waals surface area contributed by atoms with E-state index in [-0.39, 0.29) is 12.1 Å². The van der Waals surface area contributed by atoms with Crippen LogP contribution in [0.1, 0.15) is 36.6 Å². The molecule has 108 valence electrons. The highest BCUT2D eigenvalue weighted by Crippen LogP contribution is 2.30. The van der Waals surface area contributed by atoms with E-state index < -0.39 is 0 Å². The molecule has 0 saturated heterocycles. The van der Waals surface area contributed by atoms with Crippen molar-refractivity contribution in [3.63, 3.8) is 0 Å². The van der Waals surface area contributed by atoms with Crippen LogP contribution in [-0.4, -0.2) is 27.9 Å². The third-order valence-corrected chi connectivity index (χ3v) is 3.51. The van der Waals surface area contributed by atoms with Gasteiger partial charge >= 0.3 is 0 Å². The molecule has 0 aliphatic rings. The van der Waals surface area contributed by atoms with Crippen LogP contribution in [0.2, 0.25) is 0 Å². The molecule has 2 atom stereocenters. The van der Waals surface area contributed by atoms with Gasteiger partial charge in [-0.2, -0.15) is 5.10 Å². The molecule has 0 aliphatic carbocycles. The van der Waals surface area contributed by atoms with E-state index in [0.717, 1.165) is 29.4 Å². The summed E-state index contributed by atoms with van der Waals surface area (Å²) in [6.07, 6.45) is 0.848. The summed E-state index contributed by atoms with van der Waals surface area (Å²) in [7, 11) is 1.67. The first kappa shape index (κ1) is 14.5. The lowest BCUT2D eigenvalue weighted by atomic mass is 9.97. The number of nitrogens with zero attached hydrogens (tertiary/aromatic N) is 3. The first-order valence-corrected chi connectivity index (χ1v) is 6.86. The number of rotatable bonds is 5. The summed E-state index contributed by atoms with van der Waals surface area (Å²) in [6, 6.07) is 7.81. The molecule has 2 rings (SSSR count). The maximum absolute atomic E-state index is 6.34. The topological polar surface area (TPSA) is 66.0 Å². The minimum atomic E-state index is -0.0719. The van der Waals surface area contributed by atoms with Gasteiger partial charge in [0.05, 0.1) is 13.2 Å². The van der Waals surface area contributed by atoms with Crippen LogP contribution in [0.15, 0.2) is 24.3 Å². The molecule has 5 nitrogen and oxygen atoms in total. The van der Waals surface area contributed by atoms with Gasteiger partial charge in [-0.3, -0.25) is 0 Å². The maximum Gasteiger partial charge on any atom is 0.147 e. The standard InChI is InChI=1S/C15H22N4O/c1-5-13(16)15(19-11(3)17-10(2)18-19)12-8-6-7-9-14(12)20-4/h6-9,13,15H,5,16H2,1-4H3. The van der Waals surface area contributed by atoms with Gasteiger partial charge in [-0.15, -0.1) is 0 Å². The predicted molar refractivity (Wildman–Crippen MR) is 78.9 cm³/mol. The number of hydrogen-bond acceptors (Lipinski definition) is 4. The number of para-hydroxylation sites is 1. The van der Waals surface area contributed by atoms with Gasteiger partial charge in [0.1, 0.15) is 17.4 Å². The molecule has 1 heterocycles. The zero-order chi connectivity index (χ0) is 14.7. The molecule has 0 spiro atoms. The van der Waals surface area contributed by atoms with Crippen molar-refractivity contribution in [3.05, 3.63) is 41.5 Å². The average Bonchev–Trinajstić information content (AvgIpc) is 2.78. The highest BCUT2D eigenvalue weighted by atomic mass is 16.5. The van der Waals surface area contributed by atoms with Gasteiger partial charge in [0.15, 0.2) is 0 Å². The largest absolute Gasteiger partial charge is 0.496 e. The summed E-state index contributed by atoms with van der Waals surface area (Å²) >= 11 is 0. The van der Waals surface area contributed by atoms with Gasteiger partial charge < -0.3 is 10.5 Å². The van der Waals surface area contributed by atoms with Crippen LogP contribution in [0.25, 0.3) is 0 Å². The Morgan fingerprint density at radius 1 is 1.30 bits per heavy atom. The SMILES string of the molecule is CCC(N)C(c1ccccc1OC)n1nc(C)nc1C. The summed E-state index contributed by atoms with van der Waals surface area (Å²) < 4.78 is 7.38. The molecule has 0 saturated carbocycles. The van der Waals surface area contributed by atoms with Gasteiger partial charge in [0, 0.05) is 11.6 Å². The van der Waals surface area contributed by atoms with Crippen molar-refractivity contribution in [1.82, 2.24) is 14.8 Å². The Morgan fingerprint density at radius 2 is 2.00 bits per heavy atom. The van der Waals surface area contributed by atoms with Gasteiger partial charge in [-0.25, -0.2) is 9.67 Å². The van der Waals surface area contributed by atoms with E-state index in [1.807, 2.05) is 42.8 Å². The smallest absolute Gasteiger partial charge is 0.147 e. The van der Waals surface area contributed by atoms with E-state index >= 15 is 0 Å². The number of benzene rings is 1. The molecule has 2 unspecified atom stereocenters. The van der Waals surface area contributed by atoms with Crippen LogP contribution in [0, 0.1) is 13.8 Å². The Morgan fingerprint density at radius 3 is 2.55 bits per heavy atom. The summed E-state index contributed by atoms with van der Waals surface area (Å²) in [5.41, 5.74) is 7.38. The van der Waals surface area contributed by atoms with Crippen molar-refractivity contribution in [2.45, 2.75) is 39.3 Å². The fraction of sp³-hybridized carbons (Fsp3) is 0.467. The summed E-state index contributed by atoms with van der Waals surface area (Å²) in [5.74, 6) is 2.45. The maximum atomic E-state index is 6.34. The molecule has 0 bridgehead atoms. The third kappa shape index (κ3) is 2.67. The van der Waals surface area contributed by atoms with Crippen molar-refractivity contribution >= 4 is 0 Å². The van der Waals surface area contributed by atoms with Gasteiger partial charge in [0.2, 0.25) is 0 Å². The monoisotopic (exact) mass is 274 g/mol. The molecule has 0 aliphatic heterocycles. The number of aryl methyl sites for hydroxylation is 2. The van der Waals surface area contributed by atoms with E-state index in [2.05, 4.69) is 17.0 Å². The molecule has 20 heavy (non-hydrogen) atoms. The van der Waals surface area contributed by atoms with E-state index in [4.69, 9.17) is 10.5 Å². The zero-order valence-electron chi connectivity index (χ0n) is 12.5. The minimum Gasteiger partial charge on any atom is -0.496 e. The normalized spacial score (nSPS) is 14.1. The van der Waals surface area contributed by atoms with Crippen LogP contribution in [0.5, 0.6) is 5.75 Å². The highest BCUT2D eigenvalue weighted by Gasteiger charge is 2.26. The molecule has 2 N–H and O–H groups in total. The van der Waals surface area contributed by atoms with Gasteiger partial charge in [-0.1, -0.05) is 25.1 Å². The number of ether oxygens (including phenoxy) is 1. The summed E-state index contributed by atoms with van der Waals surface area (Å²) in [6.45, 7) is 5.91. The number of nitrogens with two attached hydrogens (primary N) is 1. The zero-order valence-corrected chi connectivity index (χ0v) is 12.5. The second kappa shape index (κ2) is 6.05. The number of aromatic nitrogens is 3. The molecule has 0 fully saturated rings. The fourth-order valence-electron chi connectivity index (χ4n) is 2.48. The molecule has 5 heteroatoms. The second-order valence-electron chi connectivity index (χ2n) is 4.91. The summed E-state index contributed by atoms with van der Waals surface area (Å²) in [4.78, 5) is 4.39. The highest BCUT2D eigenvalue weighted by molar-refractivity contribution is 5.37. The Balaban J connectivity index is 2.56. The summed E-state index contributed by atoms with van der Waals surface area (Å²) in [5, 5.41) is 4.50. The van der Waals surface area contributed by atoms with Crippen LogP contribution in [0.4, 0.5) is 0 Å². The van der Waals surface area contributed by atoms with Crippen molar-refractivity contribution in [2.75, 3.05) is 7.11 Å². The number of hydrogen-bond donors (Lipinski definition) is 1. The van der Waals surface area contributed by atoms with Crippen LogP contribution in [0.3, 0.4) is 0 Å². The van der Waals surface area contributed by atoms with Crippen LogP contribution < -0.4 is 10.5 Å². The minimum absolute atomic E-state index is 0.0499. The van der Waals surface area contributed by atoms with E-state index in [1.54, 1.807) is 7.11 Å². The van der Waals surface area contributed by atoms with E-state index in [9.17, 15) is 0 Å². The van der Waals surface area contributed by atoms with E-state index in [1.165, 1.54) is 0 Å². The fourth-order valence-corrected chi connectivity index (χ4v) is 2.48. The van der Waals surface area contributed by atoms with Crippen molar-refractivity contribution in [3.8, 4) is 5.75 Å². The third-order valence-electron chi connectivity index (χ3n) is 3.51. The lowest BCUT2D eigenvalue weighted by Crippen LogP contribution is -2.34. The molecular formula is C15H22N4O. The van der Waals surface area contributed by atoms with Crippen LogP contribution in [-0.2, 0) is 0 Å². The molecule has 2 aromatic rings. The predicted octanol–water partition coefficient (Wildman–Crippen LogP) is 2.23. The quantitative estimate of drug-likeness (QED) is 0.908. The molecular weight excluding hydrogens is 252 g/mol. The molecule has 0 radical (unpaired) electrons. The Kier molecular flexibility index (Phi) is 4.39. The Bertz CT molecular complexity index is 579. The Hall–Kier alpha value is -1.88. The number of methoxy groups -OCH3 is 1. The lowest BCUT2D eigenvalue weighted by Gasteiger charge is -2.26. The molecule has 1 aromatic carbocycles. The molecule has 0 amide bonds. The lowest BCUT2D eigenvalue weighted by molar-refractivity contribution is 0.372. The van der Waals surface area contributed by atoms with Crippen molar-refractivity contribution < 1.29 is 4.74 Å². The van der Waals surface area contributed by atoms with Crippen molar-refractivity contribution in [1.29, 1.82) is 0 Å². The van der Waals surface area contributed by atoms with Crippen molar-refractivity contribution in [2.24, 2.45) is 5.73 Å². The van der Waals surface area contributed by atoms with Gasteiger partial charge in [0.25, 0.3) is 0 Å². The Labute approximate surface area is 119 Å². The molecule has 1 aromatic heterocycles. The first-order chi connectivity index (χ1) is 9.58. The first-order valence-electron chi connectivity index (χ1n) is 6.86. The second-order valence-corrected chi connectivity index (χ2v) is 4.91.